The maximum absolute atomic E-state index is 13.0. The average molecular weight is 312 g/mol. The highest BCUT2D eigenvalue weighted by Crippen LogP contribution is 2.32. The van der Waals surface area contributed by atoms with Crippen LogP contribution in [-0.4, -0.2) is 37.9 Å². The highest BCUT2D eigenvalue weighted by molar-refractivity contribution is 7.87. The highest BCUT2D eigenvalue weighted by atomic mass is 32.3. The third-order valence-electron chi connectivity index (χ3n) is 3.52. The standard InChI is InChI=1S/C12H9FN2O5S/c13-21(19,20)6-4-9(16)15(5-6)8-3-1-2-7-10(8)12(18)14-11(7)17/h1-3,6H,4-5H2,(H,14,17,18). The molecule has 0 bridgehead atoms. The van der Waals surface area contributed by atoms with Crippen molar-refractivity contribution < 1.29 is 26.7 Å². The maximum Gasteiger partial charge on any atom is 0.307 e. The summed E-state index contributed by atoms with van der Waals surface area (Å²) in [4.78, 5) is 36.3. The van der Waals surface area contributed by atoms with Crippen molar-refractivity contribution in [2.75, 3.05) is 11.4 Å². The van der Waals surface area contributed by atoms with Gasteiger partial charge in [-0.15, -0.1) is 3.89 Å². The van der Waals surface area contributed by atoms with Gasteiger partial charge in [-0.25, -0.2) is 0 Å². The molecule has 1 atom stereocenters. The van der Waals surface area contributed by atoms with E-state index in [0.717, 1.165) is 4.90 Å². The number of fused-ring (bicyclic) bond motifs is 1. The van der Waals surface area contributed by atoms with Crippen molar-refractivity contribution in [3.63, 3.8) is 0 Å². The van der Waals surface area contributed by atoms with Gasteiger partial charge in [0.25, 0.3) is 11.8 Å². The minimum absolute atomic E-state index is 0.00718. The molecule has 9 heteroatoms. The molecule has 1 N–H and O–H groups in total. The Morgan fingerprint density at radius 2 is 1.90 bits per heavy atom. The summed E-state index contributed by atoms with van der Waals surface area (Å²) in [5.41, 5.74) is 0.233. The summed E-state index contributed by atoms with van der Waals surface area (Å²) in [5, 5.41) is 0.637. The molecule has 3 amide bonds. The summed E-state index contributed by atoms with van der Waals surface area (Å²) < 4.78 is 34.9. The first-order valence-corrected chi connectivity index (χ1v) is 7.46. The van der Waals surface area contributed by atoms with Crippen molar-refractivity contribution >= 4 is 33.6 Å². The van der Waals surface area contributed by atoms with E-state index in [0.29, 0.717) is 0 Å². The second kappa shape index (κ2) is 4.35. The summed E-state index contributed by atoms with van der Waals surface area (Å²) in [6.45, 7) is -0.379. The molecule has 0 saturated carbocycles. The Bertz CT molecular complexity index is 789. The molecule has 0 spiro atoms. The molecule has 0 aliphatic carbocycles. The summed E-state index contributed by atoms with van der Waals surface area (Å²) in [6.07, 6.45) is -0.488. The quantitative estimate of drug-likeness (QED) is 0.611. The zero-order valence-corrected chi connectivity index (χ0v) is 11.3. The first kappa shape index (κ1) is 13.7. The van der Waals surface area contributed by atoms with Crippen LogP contribution in [0.1, 0.15) is 27.1 Å². The van der Waals surface area contributed by atoms with E-state index in [1.807, 2.05) is 0 Å². The SMILES string of the molecule is O=C1NC(=O)c2c1cccc2N1CC(S(=O)(=O)F)CC1=O. The summed E-state index contributed by atoms with van der Waals surface area (Å²) in [7, 11) is -4.84. The predicted octanol–water partition coefficient (Wildman–Crippen LogP) is -0.0252. The Labute approximate surface area is 118 Å². The van der Waals surface area contributed by atoms with Gasteiger partial charge in [-0.3, -0.25) is 19.7 Å². The number of benzene rings is 1. The number of rotatable bonds is 2. The minimum atomic E-state index is -4.84. The Hall–Kier alpha value is -2.29. The van der Waals surface area contributed by atoms with Crippen LogP contribution < -0.4 is 10.2 Å². The van der Waals surface area contributed by atoms with Crippen LogP contribution in [0.15, 0.2) is 18.2 Å². The number of hydrogen-bond acceptors (Lipinski definition) is 5. The zero-order valence-electron chi connectivity index (χ0n) is 10.5. The molecule has 1 unspecified atom stereocenters. The molecule has 110 valence electrons. The van der Waals surface area contributed by atoms with Gasteiger partial charge in [0.15, 0.2) is 0 Å². The fraction of sp³-hybridized carbons (Fsp3) is 0.250. The number of nitrogens with one attached hydrogen (secondary N) is 1. The van der Waals surface area contributed by atoms with Gasteiger partial charge < -0.3 is 4.90 Å². The molecule has 3 rings (SSSR count). The molecular formula is C12H9FN2O5S. The molecular weight excluding hydrogens is 303 g/mol. The number of hydrogen-bond donors (Lipinski definition) is 1. The number of anilines is 1. The van der Waals surface area contributed by atoms with Gasteiger partial charge in [0.1, 0.15) is 5.25 Å². The van der Waals surface area contributed by atoms with Gasteiger partial charge in [0.05, 0.1) is 16.8 Å². The van der Waals surface area contributed by atoms with E-state index in [2.05, 4.69) is 5.32 Å². The number of carbonyl (C=O) groups is 3. The zero-order chi connectivity index (χ0) is 15.4. The van der Waals surface area contributed by atoms with Crippen LogP contribution in [0.2, 0.25) is 0 Å². The summed E-state index contributed by atoms with van der Waals surface area (Å²) in [5.74, 6) is -1.86. The van der Waals surface area contributed by atoms with Crippen molar-refractivity contribution in [1.29, 1.82) is 0 Å². The number of carbonyl (C=O) groups excluding carboxylic acids is 3. The molecule has 2 aliphatic heterocycles. The molecule has 0 aromatic heterocycles. The Morgan fingerprint density at radius 1 is 1.19 bits per heavy atom. The fourth-order valence-corrected chi connectivity index (χ4v) is 3.19. The normalized spacial score (nSPS) is 21.7. The monoisotopic (exact) mass is 312 g/mol. The lowest BCUT2D eigenvalue weighted by Crippen LogP contribution is -2.29. The van der Waals surface area contributed by atoms with Gasteiger partial charge in [0.2, 0.25) is 5.91 Å². The van der Waals surface area contributed by atoms with E-state index >= 15 is 0 Å². The lowest BCUT2D eigenvalue weighted by atomic mass is 10.1. The van der Waals surface area contributed by atoms with Crippen LogP contribution in [0.5, 0.6) is 0 Å². The number of halogens is 1. The summed E-state index contributed by atoms with van der Waals surface area (Å²) in [6, 6.07) is 4.31. The molecule has 0 radical (unpaired) electrons. The highest BCUT2D eigenvalue weighted by Gasteiger charge is 2.41. The number of imide groups is 1. The Kier molecular flexibility index (Phi) is 2.84. The minimum Gasteiger partial charge on any atom is -0.310 e. The van der Waals surface area contributed by atoms with Gasteiger partial charge in [-0.05, 0) is 12.1 Å². The second-order valence-electron chi connectivity index (χ2n) is 4.79. The van der Waals surface area contributed by atoms with E-state index in [9.17, 15) is 26.7 Å². The third kappa shape index (κ3) is 2.09. The molecule has 7 nitrogen and oxygen atoms in total. The van der Waals surface area contributed by atoms with Gasteiger partial charge in [0, 0.05) is 13.0 Å². The van der Waals surface area contributed by atoms with Crippen LogP contribution in [0.25, 0.3) is 0 Å². The number of amides is 3. The van der Waals surface area contributed by atoms with Crippen LogP contribution in [0, 0.1) is 0 Å². The lowest BCUT2D eigenvalue weighted by molar-refractivity contribution is -0.117. The first-order chi connectivity index (χ1) is 9.79. The molecule has 1 aromatic carbocycles. The third-order valence-corrected chi connectivity index (χ3v) is 4.63. The molecule has 1 fully saturated rings. The van der Waals surface area contributed by atoms with Gasteiger partial charge in [-0.1, -0.05) is 6.07 Å². The molecule has 1 aromatic rings. The van der Waals surface area contributed by atoms with E-state index in [-0.39, 0.29) is 23.4 Å². The van der Waals surface area contributed by atoms with Crippen molar-refractivity contribution in [2.45, 2.75) is 11.7 Å². The van der Waals surface area contributed by atoms with Crippen LogP contribution in [0.4, 0.5) is 9.57 Å². The predicted molar refractivity (Wildman–Crippen MR) is 69.0 cm³/mol. The van der Waals surface area contributed by atoms with E-state index in [1.54, 1.807) is 0 Å². The lowest BCUT2D eigenvalue weighted by Gasteiger charge is -2.18. The smallest absolute Gasteiger partial charge is 0.307 e. The molecule has 2 aliphatic rings. The Balaban J connectivity index is 2.06. The average Bonchev–Trinajstić information content (AvgIpc) is 2.91. The Morgan fingerprint density at radius 3 is 2.52 bits per heavy atom. The van der Waals surface area contributed by atoms with E-state index in [1.165, 1.54) is 18.2 Å². The first-order valence-electron chi connectivity index (χ1n) is 6.01. The van der Waals surface area contributed by atoms with Crippen molar-refractivity contribution in [3.8, 4) is 0 Å². The van der Waals surface area contributed by atoms with Crippen molar-refractivity contribution in [2.24, 2.45) is 0 Å². The number of nitrogens with zero attached hydrogens (tertiary/aromatic N) is 1. The van der Waals surface area contributed by atoms with Crippen LogP contribution in [0.3, 0.4) is 0 Å². The van der Waals surface area contributed by atoms with Crippen LogP contribution >= 0.6 is 0 Å². The van der Waals surface area contributed by atoms with Crippen molar-refractivity contribution in [1.82, 2.24) is 5.32 Å². The topological polar surface area (TPSA) is 101 Å². The molecule has 1 saturated heterocycles. The largest absolute Gasteiger partial charge is 0.310 e. The maximum atomic E-state index is 13.0. The van der Waals surface area contributed by atoms with E-state index < -0.39 is 39.6 Å². The van der Waals surface area contributed by atoms with Gasteiger partial charge in [-0.2, -0.15) is 8.42 Å². The fourth-order valence-electron chi connectivity index (χ4n) is 2.52. The van der Waals surface area contributed by atoms with Gasteiger partial charge >= 0.3 is 10.2 Å². The summed E-state index contributed by atoms with van der Waals surface area (Å²) >= 11 is 0. The van der Waals surface area contributed by atoms with Crippen molar-refractivity contribution in [3.05, 3.63) is 29.3 Å². The second-order valence-corrected chi connectivity index (χ2v) is 6.41. The van der Waals surface area contributed by atoms with Crippen LogP contribution in [-0.2, 0) is 15.0 Å². The molecule has 2 heterocycles. The van der Waals surface area contributed by atoms with E-state index in [4.69, 9.17) is 0 Å². The molecule has 21 heavy (non-hydrogen) atoms.